The van der Waals surface area contributed by atoms with Crippen LogP contribution in [0.25, 0.3) is 0 Å². The molecule has 3 rings (SSSR count). The first kappa shape index (κ1) is 13.5. The van der Waals surface area contributed by atoms with Crippen LogP contribution >= 0.6 is 0 Å². The van der Waals surface area contributed by atoms with Gasteiger partial charge in [0.1, 0.15) is 0 Å². The molecule has 108 valence electrons. The first-order valence-corrected chi connectivity index (χ1v) is 7.88. The average Bonchev–Trinajstić information content (AvgIpc) is 2.72. The van der Waals surface area contributed by atoms with E-state index in [2.05, 4.69) is 41.1 Å². The molecule has 0 saturated heterocycles. The number of benzene rings is 1. The summed E-state index contributed by atoms with van der Waals surface area (Å²) >= 11 is 0. The smallest absolute Gasteiger partial charge is 0.196 e. The Hall–Kier alpha value is -1.51. The van der Waals surface area contributed by atoms with Crippen LogP contribution in [0.1, 0.15) is 50.5 Å². The molecule has 1 aliphatic heterocycles. The zero-order valence-corrected chi connectivity index (χ0v) is 12.4. The number of hydrogen-bond donors (Lipinski definition) is 1. The highest BCUT2D eigenvalue weighted by Crippen LogP contribution is 2.38. The summed E-state index contributed by atoms with van der Waals surface area (Å²) in [6.07, 6.45) is 9.11. The fourth-order valence-corrected chi connectivity index (χ4v) is 3.73. The van der Waals surface area contributed by atoms with E-state index in [9.17, 15) is 0 Å². The Kier molecular flexibility index (Phi) is 3.68. The lowest BCUT2D eigenvalue weighted by Crippen LogP contribution is -2.52. The molecule has 0 unspecified atom stereocenters. The number of guanidine groups is 1. The van der Waals surface area contributed by atoms with Gasteiger partial charge >= 0.3 is 0 Å². The molecule has 0 atom stereocenters. The van der Waals surface area contributed by atoms with E-state index >= 15 is 0 Å². The van der Waals surface area contributed by atoms with Crippen LogP contribution in [0.5, 0.6) is 0 Å². The number of rotatable bonds is 1. The van der Waals surface area contributed by atoms with Crippen molar-refractivity contribution in [2.24, 2.45) is 10.7 Å². The summed E-state index contributed by atoms with van der Waals surface area (Å²) in [4.78, 5) is 6.92. The number of hydrogen-bond acceptors (Lipinski definition) is 3. The Balaban J connectivity index is 1.94. The topological polar surface area (TPSA) is 41.6 Å². The van der Waals surface area contributed by atoms with Crippen molar-refractivity contribution in [3.63, 3.8) is 0 Å². The molecule has 1 aromatic carbocycles. The van der Waals surface area contributed by atoms with Crippen molar-refractivity contribution in [2.75, 3.05) is 11.4 Å². The molecule has 2 aliphatic rings. The van der Waals surface area contributed by atoms with Gasteiger partial charge in [-0.1, -0.05) is 44.2 Å². The van der Waals surface area contributed by atoms with Gasteiger partial charge in [0.25, 0.3) is 0 Å². The minimum absolute atomic E-state index is 0.137. The second-order valence-corrected chi connectivity index (χ2v) is 6.34. The van der Waals surface area contributed by atoms with Crippen LogP contribution in [0.2, 0.25) is 0 Å². The van der Waals surface area contributed by atoms with Crippen LogP contribution in [0.4, 0.5) is 5.69 Å². The van der Waals surface area contributed by atoms with Crippen molar-refractivity contribution in [3.05, 3.63) is 29.8 Å². The van der Waals surface area contributed by atoms with Gasteiger partial charge in [0.15, 0.2) is 5.96 Å². The molecule has 0 bridgehead atoms. The van der Waals surface area contributed by atoms with Gasteiger partial charge < -0.3 is 10.6 Å². The van der Waals surface area contributed by atoms with E-state index in [1.54, 1.807) is 0 Å². The van der Waals surface area contributed by atoms with Gasteiger partial charge in [0.05, 0.1) is 12.1 Å². The Morgan fingerprint density at radius 2 is 1.80 bits per heavy atom. The van der Waals surface area contributed by atoms with Gasteiger partial charge in [0.2, 0.25) is 0 Å². The molecule has 0 amide bonds. The van der Waals surface area contributed by atoms with E-state index in [4.69, 9.17) is 5.73 Å². The second-order valence-electron chi connectivity index (χ2n) is 6.34. The molecule has 0 aromatic heterocycles. The molecule has 0 radical (unpaired) electrons. The van der Waals surface area contributed by atoms with Crippen LogP contribution in [0, 0.1) is 6.92 Å². The van der Waals surface area contributed by atoms with Crippen LogP contribution in [-0.2, 0) is 0 Å². The van der Waals surface area contributed by atoms with E-state index in [1.807, 2.05) is 0 Å². The zero-order chi connectivity index (χ0) is 14.0. The van der Waals surface area contributed by atoms with E-state index in [1.165, 1.54) is 56.2 Å². The summed E-state index contributed by atoms with van der Waals surface area (Å²) < 4.78 is 0. The average molecular weight is 271 g/mol. The van der Waals surface area contributed by atoms with Crippen molar-refractivity contribution in [2.45, 2.75) is 57.4 Å². The van der Waals surface area contributed by atoms with Crippen molar-refractivity contribution in [3.8, 4) is 0 Å². The number of anilines is 1. The van der Waals surface area contributed by atoms with Gasteiger partial charge in [-0.25, -0.2) is 0 Å². The van der Waals surface area contributed by atoms with Gasteiger partial charge in [0, 0.05) is 5.69 Å². The maximum atomic E-state index is 6.23. The van der Waals surface area contributed by atoms with Crippen molar-refractivity contribution in [1.82, 2.24) is 0 Å². The predicted octanol–water partition coefficient (Wildman–Crippen LogP) is 3.61. The monoisotopic (exact) mass is 271 g/mol. The van der Waals surface area contributed by atoms with Gasteiger partial charge in [-0.05, 0) is 37.5 Å². The fraction of sp³-hybridized carbons (Fsp3) is 0.588. The first-order valence-electron chi connectivity index (χ1n) is 7.88. The standard InChI is InChI=1S/C17H25N3/c1-14-8-7-9-15(12-14)20-16(18)19-13-17(20)10-5-3-2-4-6-11-17/h7-9,12H,2-6,10-11,13H2,1H3,(H2,18,19). The maximum Gasteiger partial charge on any atom is 0.196 e. The van der Waals surface area contributed by atoms with Crippen LogP contribution in [0.3, 0.4) is 0 Å². The largest absolute Gasteiger partial charge is 0.369 e. The molecule has 1 aromatic rings. The van der Waals surface area contributed by atoms with E-state index < -0.39 is 0 Å². The summed E-state index contributed by atoms with van der Waals surface area (Å²) in [5.74, 6) is 0.705. The molecular weight excluding hydrogens is 246 g/mol. The summed E-state index contributed by atoms with van der Waals surface area (Å²) in [5, 5.41) is 0. The lowest BCUT2D eigenvalue weighted by atomic mass is 9.83. The lowest BCUT2D eigenvalue weighted by Gasteiger charge is -2.40. The highest BCUT2D eigenvalue weighted by molar-refractivity contribution is 5.98. The zero-order valence-electron chi connectivity index (χ0n) is 12.4. The third kappa shape index (κ3) is 2.41. The molecule has 1 aliphatic carbocycles. The molecule has 2 N–H and O–H groups in total. The minimum Gasteiger partial charge on any atom is -0.369 e. The van der Waals surface area contributed by atoms with Crippen LogP contribution in [-0.4, -0.2) is 18.0 Å². The molecule has 1 fully saturated rings. The van der Waals surface area contributed by atoms with Gasteiger partial charge in [-0.2, -0.15) is 0 Å². The van der Waals surface area contributed by atoms with E-state index in [-0.39, 0.29) is 5.54 Å². The molecule has 3 heteroatoms. The fourth-order valence-electron chi connectivity index (χ4n) is 3.73. The third-order valence-electron chi connectivity index (χ3n) is 4.78. The Morgan fingerprint density at radius 1 is 1.10 bits per heavy atom. The molecular formula is C17H25N3. The minimum atomic E-state index is 0.137. The third-order valence-corrected chi connectivity index (χ3v) is 4.78. The quantitative estimate of drug-likeness (QED) is 0.847. The highest BCUT2D eigenvalue weighted by Gasteiger charge is 2.42. The molecule has 1 saturated carbocycles. The lowest BCUT2D eigenvalue weighted by molar-refractivity contribution is 0.337. The second kappa shape index (κ2) is 5.47. The summed E-state index contributed by atoms with van der Waals surface area (Å²) in [6, 6.07) is 8.65. The van der Waals surface area contributed by atoms with Crippen molar-refractivity contribution in [1.29, 1.82) is 0 Å². The number of aryl methyl sites for hydroxylation is 1. The predicted molar refractivity (Wildman–Crippen MR) is 85.2 cm³/mol. The van der Waals surface area contributed by atoms with Crippen LogP contribution in [0.15, 0.2) is 29.3 Å². The molecule has 20 heavy (non-hydrogen) atoms. The van der Waals surface area contributed by atoms with Crippen molar-refractivity contribution >= 4 is 11.6 Å². The van der Waals surface area contributed by atoms with E-state index in [0.717, 1.165) is 6.54 Å². The van der Waals surface area contributed by atoms with Gasteiger partial charge in [-0.15, -0.1) is 0 Å². The van der Waals surface area contributed by atoms with Crippen LogP contribution < -0.4 is 10.6 Å². The Bertz CT molecular complexity index is 499. The number of nitrogens with two attached hydrogens (primary N) is 1. The normalized spacial score (nSPS) is 22.4. The summed E-state index contributed by atoms with van der Waals surface area (Å²) in [7, 11) is 0. The molecule has 1 spiro atoms. The maximum absolute atomic E-state index is 6.23. The SMILES string of the molecule is Cc1cccc(N2C(N)=NCC23CCCCCCC3)c1. The van der Waals surface area contributed by atoms with E-state index in [0.29, 0.717) is 5.96 Å². The Labute approximate surface area is 121 Å². The molecule has 1 heterocycles. The number of nitrogens with zero attached hydrogens (tertiary/aromatic N) is 2. The Morgan fingerprint density at radius 3 is 2.50 bits per heavy atom. The first-order chi connectivity index (χ1) is 9.71. The summed E-state index contributed by atoms with van der Waals surface area (Å²) in [6.45, 7) is 3.00. The van der Waals surface area contributed by atoms with Gasteiger partial charge in [-0.3, -0.25) is 4.99 Å². The van der Waals surface area contributed by atoms with Crippen molar-refractivity contribution < 1.29 is 0 Å². The molecule has 3 nitrogen and oxygen atoms in total. The summed E-state index contributed by atoms with van der Waals surface area (Å²) in [5.41, 5.74) is 8.86. The highest BCUT2D eigenvalue weighted by atomic mass is 15.4. The number of aliphatic imine (C=N–C) groups is 1.